The molecule has 1 fully saturated rings. The summed E-state index contributed by atoms with van der Waals surface area (Å²) >= 11 is 3.37. The first-order chi connectivity index (χ1) is 8.16. The number of rotatable bonds is 3. The number of hydrogen-bond acceptors (Lipinski definition) is 2. The van der Waals surface area contributed by atoms with Crippen LogP contribution in [0.3, 0.4) is 0 Å². The standard InChI is InChI=1S/C13H17BrN2O/c14-10-3-5-11(6-4-10)16-12(17)13(9-15)7-1-2-8-13/h3-6H,1-2,7-9,15H2,(H,16,17). The lowest BCUT2D eigenvalue weighted by Gasteiger charge is -2.25. The molecule has 0 atom stereocenters. The Kier molecular flexibility index (Phi) is 3.84. The number of halogens is 1. The maximum Gasteiger partial charge on any atom is 0.231 e. The molecule has 3 nitrogen and oxygen atoms in total. The van der Waals surface area contributed by atoms with Gasteiger partial charge in [-0.1, -0.05) is 28.8 Å². The normalized spacial score (nSPS) is 18.0. The SMILES string of the molecule is NCC1(C(=O)Nc2ccc(Br)cc2)CCCC1. The van der Waals surface area contributed by atoms with Crippen LogP contribution in [-0.4, -0.2) is 12.5 Å². The minimum atomic E-state index is -0.340. The summed E-state index contributed by atoms with van der Waals surface area (Å²) in [5.41, 5.74) is 6.27. The zero-order valence-electron chi connectivity index (χ0n) is 9.71. The van der Waals surface area contributed by atoms with Crippen LogP contribution in [0.25, 0.3) is 0 Å². The highest BCUT2D eigenvalue weighted by Crippen LogP contribution is 2.38. The number of carbonyl (C=O) groups excluding carboxylic acids is 1. The van der Waals surface area contributed by atoms with Crippen molar-refractivity contribution in [2.24, 2.45) is 11.1 Å². The van der Waals surface area contributed by atoms with E-state index in [1.165, 1.54) is 0 Å². The van der Waals surface area contributed by atoms with Gasteiger partial charge in [-0.25, -0.2) is 0 Å². The minimum Gasteiger partial charge on any atom is -0.329 e. The molecule has 92 valence electrons. The molecule has 0 aliphatic heterocycles. The Hall–Kier alpha value is -0.870. The molecule has 2 rings (SSSR count). The fourth-order valence-electron chi connectivity index (χ4n) is 2.37. The average molecular weight is 297 g/mol. The highest BCUT2D eigenvalue weighted by molar-refractivity contribution is 9.10. The molecule has 0 unspecified atom stereocenters. The van der Waals surface area contributed by atoms with Crippen molar-refractivity contribution in [1.29, 1.82) is 0 Å². The number of anilines is 1. The lowest BCUT2D eigenvalue weighted by Crippen LogP contribution is -2.40. The van der Waals surface area contributed by atoms with Crippen molar-refractivity contribution in [1.82, 2.24) is 0 Å². The minimum absolute atomic E-state index is 0.0693. The van der Waals surface area contributed by atoms with E-state index in [2.05, 4.69) is 21.2 Å². The summed E-state index contributed by atoms with van der Waals surface area (Å²) in [6.45, 7) is 0.440. The summed E-state index contributed by atoms with van der Waals surface area (Å²) in [4.78, 5) is 12.2. The van der Waals surface area contributed by atoms with Crippen LogP contribution in [0, 0.1) is 5.41 Å². The summed E-state index contributed by atoms with van der Waals surface area (Å²) in [5, 5.41) is 2.96. The molecular weight excluding hydrogens is 280 g/mol. The molecule has 1 aromatic carbocycles. The average Bonchev–Trinajstić information content (AvgIpc) is 2.82. The molecule has 0 bridgehead atoms. The fraction of sp³-hybridized carbons (Fsp3) is 0.462. The van der Waals surface area contributed by atoms with E-state index in [0.29, 0.717) is 6.54 Å². The fourth-order valence-corrected chi connectivity index (χ4v) is 2.64. The number of amides is 1. The van der Waals surface area contributed by atoms with E-state index in [9.17, 15) is 4.79 Å². The molecule has 0 spiro atoms. The van der Waals surface area contributed by atoms with Crippen LogP contribution in [0.2, 0.25) is 0 Å². The third-order valence-electron chi connectivity index (χ3n) is 3.54. The highest BCUT2D eigenvalue weighted by atomic mass is 79.9. The maximum atomic E-state index is 12.2. The lowest BCUT2D eigenvalue weighted by molar-refractivity contribution is -0.124. The van der Waals surface area contributed by atoms with Crippen LogP contribution < -0.4 is 11.1 Å². The summed E-state index contributed by atoms with van der Waals surface area (Å²) in [6.07, 6.45) is 4.02. The van der Waals surface area contributed by atoms with E-state index >= 15 is 0 Å². The van der Waals surface area contributed by atoms with Gasteiger partial charge in [0.15, 0.2) is 0 Å². The predicted molar refractivity (Wildman–Crippen MR) is 72.7 cm³/mol. The second-order valence-corrected chi connectivity index (χ2v) is 5.57. The molecule has 0 aromatic heterocycles. The number of carbonyl (C=O) groups is 1. The van der Waals surface area contributed by atoms with Gasteiger partial charge in [0.25, 0.3) is 0 Å². The summed E-state index contributed by atoms with van der Waals surface area (Å²) in [7, 11) is 0. The Morgan fingerprint density at radius 2 is 1.88 bits per heavy atom. The van der Waals surface area contributed by atoms with Crippen LogP contribution >= 0.6 is 15.9 Å². The molecule has 1 saturated carbocycles. The Bertz CT molecular complexity index is 396. The van der Waals surface area contributed by atoms with E-state index < -0.39 is 0 Å². The molecule has 17 heavy (non-hydrogen) atoms. The van der Waals surface area contributed by atoms with Gasteiger partial charge in [-0.3, -0.25) is 4.79 Å². The van der Waals surface area contributed by atoms with Crippen molar-refractivity contribution in [3.05, 3.63) is 28.7 Å². The zero-order chi connectivity index (χ0) is 12.3. The van der Waals surface area contributed by atoms with Gasteiger partial charge < -0.3 is 11.1 Å². The van der Waals surface area contributed by atoms with Crippen molar-refractivity contribution < 1.29 is 4.79 Å². The van der Waals surface area contributed by atoms with Crippen LogP contribution in [0.5, 0.6) is 0 Å². The van der Waals surface area contributed by atoms with Crippen LogP contribution in [0.4, 0.5) is 5.69 Å². The number of benzene rings is 1. The Morgan fingerprint density at radius 1 is 1.29 bits per heavy atom. The molecule has 0 radical (unpaired) electrons. The molecule has 1 amide bonds. The van der Waals surface area contributed by atoms with Gasteiger partial charge in [-0.2, -0.15) is 0 Å². The Labute approximate surface area is 110 Å². The molecule has 1 aliphatic rings. The summed E-state index contributed by atoms with van der Waals surface area (Å²) in [6, 6.07) is 7.61. The van der Waals surface area contributed by atoms with Crippen LogP contribution in [-0.2, 0) is 4.79 Å². The Balaban J connectivity index is 2.08. The van der Waals surface area contributed by atoms with Crippen molar-refractivity contribution in [2.75, 3.05) is 11.9 Å². The molecule has 4 heteroatoms. The van der Waals surface area contributed by atoms with Crippen molar-refractivity contribution >= 4 is 27.5 Å². The van der Waals surface area contributed by atoms with Gasteiger partial charge in [-0.15, -0.1) is 0 Å². The van der Waals surface area contributed by atoms with Gasteiger partial charge in [0.1, 0.15) is 0 Å². The van der Waals surface area contributed by atoms with Gasteiger partial charge >= 0.3 is 0 Å². The van der Waals surface area contributed by atoms with E-state index in [-0.39, 0.29) is 11.3 Å². The summed E-state index contributed by atoms with van der Waals surface area (Å²) in [5.74, 6) is 0.0693. The largest absolute Gasteiger partial charge is 0.329 e. The van der Waals surface area contributed by atoms with Gasteiger partial charge in [-0.05, 0) is 37.1 Å². The Morgan fingerprint density at radius 3 is 2.41 bits per heavy atom. The van der Waals surface area contributed by atoms with E-state index in [4.69, 9.17) is 5.73 Å². The molecule has 0 heterocycles. The maximum absolute atomic E-state index is 12.2. The number of nitrogens with two attached hydrogens (primary N) is 1. The van der Waals surface area contributed by atoms with Crippen molar-refractivity contribution in [3.8, 4) is 0 Å². The second kappa shape index (κ2) is 5.19. The van der Waals surface area contributed by atoms with E-state index in [1.807, 2.05) is 24.3 Å². The van der Waals surface area contributed by atoms with Gasteiger partial charge in [0, 0.05) is 16.7 Å². The molecule has 1 aliphatic carbocycles. The van der Waals surface area contributed by atoms with Gasteiger partial charge in [0.05, 0.1) is 5.41 Å². The molecule has 0 saturated heterocycles. The van der Waals surface area contributed by atoms with Crippen LogP contribution in [0.15, 0.2) is 28.7 Å². The summed E-state index contributed by atoms with van der Waals surface area (Å²) < 4.78 is 1.00. The lowest BCUT2D eigenvalue weighted by atomic mass is 9.85. The van der Waals surface area contributed by atoms with Gasteiger partial charge in [0.2, 0.25) is 5.91 Å². The van der Waals surface area contributed by atoms with Crippen molar-refractivity contribution in [2.45, 2.75) is 25.7 Å². The first kappa shape index (κ1) is 12.6. The first-order valence-corrected chi connectivity index (χ1v) is 6.73. The molecule has 1 aromatic rings. The quantitative estimate of drug-likeness (QED) is 0.901. The number of hydrogen-bond donors (Lipinski definition) is 2. The zero-order valence-corrected chi connectivity index (χ0v) is 11.3. The molecule has 3 N–H and O–H groups in total. The van der Waals surface area contributed by atoms with Crippen molar-refractivity contribution in [3.63, 3.8) is 0 Å². The second-order valence-electron chi connectivity index (χ2n) is 4.65. The third-order valence-corrected chi connectivity index (χ3v) is 4.06. The van der Waals surface area contributed by atoms with E-state index in [1.54, 1.807) is 0 Å². The highest BCUT2D eigenvalue weighted by Gasteiger charge is 2.39. The van der Waals surface area contributed by atoms with E-state index in [0.717, 1.165) is 35.8 Å². The smallest absolute Gasteiger partial charge is 0.231 e. The predicted octanol–water partition coefficient (Wildman–Crippen LogP) is 2.91. The van der Waals surface area contributed by atoms with Crippen LogP contribution in [0.1, 0.15) is 25.7 Å². The molecular formula is C13H17BrN2O. The number of nitrogens with one attached hydrogen (secondary N) is 1. The third kappa shape index (κ3) is 2.69. The first-order valence-electron chi connectivity index (χ1n) is 5.93. The monoisotopic (exact) mass is 296 g/mol. The topological polar surface area (TPSA) is 55.1 Å².